The minimum Gasteiger partial charge on any atom is -0.333 e. The van der Waals surface area contributed by atoms with Crippen molar-refractivity contribution in [1.82, 2.24) is 0 Å². The predicted octanol–water partition coefficient (Wildman–Crippen LogP) is 2.51. The van der Waals surface area contributed by atoms with E-state index in [0.717, 1.165) is 5.56 Å². The number of anilines is 1. The molecule has 23 heavy (non-hydrogen) atoms. The topological polar surface area (TPSA) is 88.8 Å². The quantitative estimate of drug-likeness (QED) is 0.628. The summed E-state index contributed by atoms with van der Waals surface area (Å²) in [4.78, 5) is 22.4. The molecule has 2 aromatic rings. The number of rotatable bonds is 6. The Hall–Kier alpha value is -2.44. The van der Waals surface area contributed by atoms with Gasteiger partial charge >= 0.3 is 0 Å². The minimum atomic E-state index is -0.518. The van der Waals surface area contributed by atoms with Gasteiger partial charge < -0.3 is 10.6 Å². The lowest BCUT2D eigenvalue weighted by Gasteiger charge is -2.11. The summed E-state index contributed by atoms with van der Waals surface area (Å²) < 4.78 is 0. The number of halogens is 1. The zero-order valence-electron chi connectivity index (χ0n) is 12.5. The normalized spacial score (nSPS) is 11.7. The summed E-state index contributed by atoms with van der Waals surface area (Å²) in [5.41, 5.74) is 1.13. The fourth-order valence-corrected chi connectivity index (χ4v) is 2.25. The van der Waals surface area contributed by atoms with Gasteiger partial charge in [0, 0.05) is 16.7 Å². The van der Waals surface area contributed by atoms with Crippen LogP contribution in [-0.4, -0.2) is 17.4 Å². The molecule has 0 saturated carbocycles. The summed E-state index contributed by atoms with van der Waals surface area (Å²) >= 11 is 5.85. The van der Waals surface area contributed by atoms with Gasteiger partial charge in [0.2, 0.25) is 0 Å². The number of nitrogens with two attached hydrogens (primary N) is 1. The number of nitro groups is 1. The van der Waals surface area contributed by atoms with E-state index in [-0.39, 0.29) is 29.9 Å². The molecule has 1 amide bonds. The number of para-hydroxylation sites is 2. The first-order valence-corrected chi connectivity index (χ1v) is 7.47. The second-order valence-corrected chi connectivity index (χ2v) is 5.54. The van der Waals surface area contributed by atoms with E-state index < -0.39 is 4.92 Å². The lowest BCUT2D eigenvalue weighted by atomic mass is 10.1. The Labute approximate surface area is 138 Å². The molecule has 0 bridgehead atoms. The maximum Gasteiger partial charge on any atom is 0.292 e. The van der Waals surface area contributed by atoms with Gasteiger partial charge in [0.25, 0.3) is 11.6 Å². The van der Waals surface area contributed by atoms with E-state index in [9.17, 15) is 14.9 Å². The van der Waals surface area contributed by atoms with Crippen molar-refractivity contribution in [1.29, 1.82) is 0 Å². The number of nitro benzene ring substituents is 1. The second-order valence-electron chi connectivity index (χ2n) is 5.10. The van der Waals surface area contributed by atoms with Gasteiger partial charge in [-0.05, 0) is 25.1 Å². The first kappa shape index (κ1) is 16.9. The summed E-state index contributed by atoms with van der Waals surface area (Å²) in [7, 11) is 0. The van der Waals surface area contributed by atoms with Crippen LogP contribution >= 0.6 is 11.6 Å². The highest BCUT2D eigenvalue weighted by atomic mass is 35.5. The first-order valence-electron chi connectivity index (χ1n) is 7.09. The van der Waals surface area contributed by atoms with Crippen LogP contribution in [-0.2, 0) is 4.79 Å². The van der Waals surface area contributed by atoms with Crippen molar-refractivity contribution in [3.05, 3.63) is 69.2 Å². The minimum absolute atomic E-state index is 0.0729. The van der Waals surface area contributed by atoms with Crippen LogP contribution in [0.15, 0.2) is 48.5 Å². The summed E-state index contributed by atoms with van der Waals surface area (Å²) in [5.74, 6) is -0.292. The molecule has 0 spiro atoms. The Bertz CT molecular complexity index is 704. The van der Waals surface area contributed by atoms with Crippen LogP contribution in [0.1, 0.15) is 18.5 Å². The molecule has 1 atom stereocenters. The lowest BCUT2D eigenvalue weighted by molar-refractivity contribution is -0.682. The van der Waals surface area contributed by atoms with Crippen LogP contribution in [0.25, 0.3) is 0 Å². The first-order chi connectivity index (χ1) is 11.0. The van der Waals surface area contributed by atoms with E-state index in [1.807, 2.05) is 24.4 Å². The van der Waals surface area contributed by atoms with Crippen molar-refractivity contribution >= 4 is 28.9 Å². The number of nitrogens with zero attached hydrogens (tertiary/aromatic N) is 1. The van der Waals surface area contributed by atoms with Crippen LogP contribution < -0.4 is 10.6 Å². The zero-order chi connectivity index (χ0) is 16.8. The number of hydrogen-bond acceptors (Lipinski definition) is 3. The number of nitrogens with one attached hydrogen (secondary N) is 1. The van der Waals surface area contributed by atoms with E-state index in [1.54, 1.807) is 24.3 Å². The highest BCUT2D eigenvalue weighted by Gasteiger charge is 2.16. The van der Waals surface area contributed by atoms with E-state index in [1.165, 1.54) is 12.1 Å². The van der Waals surface area contributed by atoms with Gasteiger partial charge in [0.1, 0.15) is 11.7 Å². The summed E-state index contributed by atoms with van der Waals surface area (Å²) in [6.07, 6.45) is 0. The molecule has 3 N–H and O–H groups in total. The van der Waals surface area contributed by atoms with E-state index >= 15 is 0 Å². The van der Waals surface area contributed by atoms with Crippen LogP contribution in [0.3, 0.4) is 0 Å². The van der Waals surface area contributed by atoms with Crippen molar-refractivity contribution in [2.45, 2.75) is 13.0 Å². The Balaban J connectivity index is 1.93. The predicted molar refractivity (Wildman–Crippen MR) is 88.4 cm³/mol. The molecule has 0 aliphatic rings. The number of amides is 1. The van der Waals surface area contributed by atoms with Gasteiger partial charge in [-0.3, -0.25) is 14.9 Å². The second kappa shape index (κ2) is 7.71. The third-order valence-corrected chi connectivity index (χ3v) is 3.68. The number of carbonyl (C=O) groups is 1. The standard InChI is InChI=1S/C16H16ClN3O3/c1-11(12-6-8-13(17)9-7-12)18-10-16(21)19-14-4-2-3-5-15(14)20(22)23/h2-9,11,18H,10H2,1H3,(H,19,21)/p+1/t11-/m0/s1. The SMILES string of the molecule is C[C@H]([NH2+]CC(=O)Nc1ccccc1[N+](=O)[O-])c1ccc(Cl)cc1. The van der Waals surface area contributed by atoms with Gasteiger partial charge in [-0.2, -0.15) is 0 Å². The average Bonchev–Trinajstić information content (AvgIpc) is 2.53. The van der Waals surface area contributed by atoms with Crippen molar-refractivity contribution in [2.75, 3.05) is 11.9 Å². The van der Waals surface area contributed by atoms with Gasteiger partial charge in [0.05, 0.1) is 4.92 Å². The number of benzene rings is 2. The zero-order valence-corrected chi connectivity index (χ0v) is 13.3. The molecule has 2 aromatic carbocycles. The van der Waals surface area contributed by atoms with Crippen molar-refractivity contribution < 1.29 is 15.0 Å². The fraction of sp³-hybridized carbons (Fsp3) is 0.188. The Morgan fingerprint density at radius 2 is 1.91 bits per heavy atom. The van der Waals surface area contributed by atoms with Gasteiger partial charge in [0.15, 0.2) is 6.54 Å². The van der Waals surface area contributed by atoms with Crippen LogP contribution in [0.5, 0.6) is 0 Å². The molecule has 0 aliphatic carbocycles. The van der Waals surface area contributed by atoms with E-state index in [4.69, 9.17) is 11.6 Å². The number of hydrogen-bond donors (Lipinski definition) is 2. The number of quaternary nitrogens is 1. The third-order valence-electron chi connectivity index (χ3n) is 3.43. The van der Waals surface area contributed by atoms with Gasteiger partial charge in [-0.25, -0.2) is 0 Å². The third kappa shape index (κ3) is 4.77. The molecule has 6 nitrogen and oxygen atoms in total. The molecule has 2 rings (SSSR count). The average molecular weight is 335 g/mol. The summed E-state index contributed by atoms with van der Waals surface area (Å²) in [5, 5.41) is 16.0. The molecular weight excluding hydrogens is 318 g/mol. The highest BCUT2D eigenvalue weighted by molar-refractivity contribution is 6.30. The largest absolute Gasteiger partial charge is 0.333 e. The number of carbonyl (C=O) groups excluding carboxylic acids is 1. The summed E-state index contributed by atoms with van der Waals surface area (Å²) in [6, 6.07) is 13.6. The molecule has 0 unspecified atom stereocenters. The molecule has 0 radical (unpaired) electrons. The van der Waals surface area contributed by atoms with Crippen LogP contribution in [0, 0.1) is 10.1 Å². The van der Waals surface area contributed by atoms with Crippen molar-refractivity contribution in [2.24, 2.45) is 0 Å². The van der Waals surface area contributed by atoms with E-state index in [2.05, 4.69) is 5.32 Å². The Kier molecular flexibility index (Phi) is 5.67. The molecule has 0 aliphatic heterocycles. The van der Waals surface area contributed by atoms with E-state index in [0.29, 0.717) is 5.02 Å². The molecule has 7 heteroatoms. The van der Waals surface area contributed by atoms with Crippen molar-refractivity contribution in [3.8, 4) is 0 Å². The molecule has 0 fully saturated rings. The van der Waals surface area contributed by atoms with Crippen molar-refractivity contribution in [3.63, 3.8) is 0 Å². The highest BCUT2D eigenvalue weighted by Crippen LogP contribution is 2.22. The molecular formula is C16H17ClN3O3+. The smallest absolute Gasteiger partial charge is 0.292 e. The molecule has 0 saturated heterocycles. The van der Waals surface area contributed by atoms with Gasteiger partial charge in [-0.15, -0.1) is 0 Å². The Morgan fingerprint density at radius 1 is 1.26 bits per heavy atom. The molecule has 120 valence electrons. The van der Waals surface area contributed by atoms with Gasteiger partial charge in [-0.1, -0.05) is 35.9 Å². The monoisotopic (exact) mass is 334 g/mol. The maximum atomic E-state index is 12.0. The molecule has 0 heterocycles. The lowest BCUT2D eigenvalue weighted by Crippen LogP contribution is -2.86. The summed E-state index contributed by atoms with van der Waals surface area (Å²) in [6.45, 7) is 2.14. The maximum absolute atomic E-state index is 12.0. The fourth-order valence-electron chi connectivity index (χ4n) is 2.13. The molecule has 0 aromatic heterocycles. The Morgan fingerprint density at radius 3 is 2.57 bits per heavy atom. The van der Waals surface area contributed by atoms with Crippen LogP contribution in [0.4, 0.5) is 11.4 Å². The van der Waals surface area contributed by atoms with Crippen LogP contribution in [0.2, 0.25) is 5.02 Å².